The molecule has 0 aliphatic carbocycles. The van der Waals surface area contributed by atoms with E-state index in [1.54, 1.807) is 12.1 Å². The quantitative estimate of drug-likeness (QED) is 0.846. The molecule has 1 N–H and O–H groups in total. The highest BCUT2D eigenvalue weighted by Gasteiger charge is 2.09. The Bertz CT molecular complexity index is 509. The van der Waals surface area contributed by atoms with Crippen LogP contribution in [0, 0.1) is 5.92 Å². The molecule has 4 nitrogen and oxygen atoms in total. The summed E-state index contributed by atoms with van der Waals surface area (Å²) in [4.78, 5) is 11.5. The van der Waals surface area contributed by atoms with Gasteiger partial charge in [0.25, 0.3) is 9.05 Å². The molecule has 18 heavy (non-hydrogen) atoms. The Morgan fingerprint density at radius 1 is 1.28 bits per heavy atom. The maximum atomic E-state index is 11.4. The summed E-state index contributed by atoms with van der Waals surface area (Å²) in [6, 6.07) is 6.11. The van der Waals surface area contributed by atoms with Crippen LogP contribution in [-0.2, 0) is 20.4 Å². The molecule has 0 fully saturated rings. The van der Waals surface area contributed by atoms with Crippen LogP contribution in [0.2, 0.25) is 0 Å². The largest absolute Gasteiger partial charge is 0.352 e. The van der Waals surface area contributed by atoms with Crippen LogP contribution in [0.4, 0.5) is 0 Å². The molecular weight excluding hydrogens is 274 g/mol. The molecule has 0 atom stereocenters. The third-order valence-corrected chi connectivity index (χ3v) is 3.66. The Morgan fingerprint density at radius 2 is 1.83 bits per heavy atom. The first-order valence-electron chi connectivity index (χ1n) is 5.59. The van der Waals surface area contributed by atoms with Crippen LogP contribution in [-0.4, -0.2) is 14.3 Å². The molecule has 0 radical (unpaired) electrons. The van der Waals surface area contributed by atoms with Crippen molar-refractivity contribution in [2.45, 2.75) is 31.7 Å². The minimum atomic E-state index is -3.68. The first-order valence-corrected chi connectivity index (χ1v) is 7.90. The van der Waals surface area contributed by atoms with Gasteiger partial charge in [-0.25, -0.2) is 8.42 Å². The summed E-state index contributed by atoms with van der Waals surface area (Å²) in [5.74, 6) is 0.299. The van der Waals surface area contributed by atoms with Crippen LogP contribution in [0.3, 0.4) is 0 Å². The summed E-state index contributed by atoms with van der Waals surface area (Å²) < 4.78 is 22.1. The Hall–Kier alpha value is -1.07. The molecule has 0 saturated carbocycles. The van der Waals surface area contributed by atoms with Crippen molar-refractivity contribution in [1.82, 2.24) is 5.32 Å². The van der Waals surface area contributed by atoms with Gasteiger partial charge < -0.3 is 5.32 Å². The summed E-state index contributed by atoms with van der Waals surface area (Å²) in [5, 5.41) is 2.77. The number of hydrogen-bond acceptors (Lipinski definition) is 3. The summed E-state index contributed by atoms with van der Waals surface area (Å²) >= 11 is 0. The van der Waals surface area contributed by atoms with Gasteiger partial charge in [0.15, 0.2) is 0 Å². The highest BCUT2D eigenvalue weighted by atomic mass is 35.7. The fourth-order valence-electron chi connectivity index (χ4n) is 1.41. The molecule has 1 rings (SSSR count). The minimum absolute atomic E-state index is 0.0148. The van der Waals surface area contributed by atoms with Crippen LogP contribution in [0.5, 0.6) is 0 Å². The predicted octanol–water partition coefficient (Wildman–Crippen LogP) is 2.28. The van der Waals surface area contributed by atoms with E-state index in [0.29, 0.717) is 18.9 Å². The number of nitrogens with one attached hydrogen (secondary N) is 1. The second-order valence-electron chi connectivity index (χ2n) is 4.46. The van der Waals surface area contributed by atoms with E-state index < -0.39 is 9.05 Å². The number of rotatable bonds is 5. The van der Waals surface area contributed by atoms with Gasteiger partial charge >= 0.3 is 0 Å². The fraction of sp³-hybridized carbons (Fsp3) is 0.417. The van der Waals surface area contributed by atoms with Gasteiger partial charge in [-0.1, -0.05) is 26.0 Å². The van der Waals surface area contributed by atoms with E-state index in [1.165, 1.54) is 12.1 Å². The highest BCUT2D eigenvalue weighted by Crippen LogP contribution is 2.15. The van der Waals surface area contributed by atoms with E-state index in [2.05, 4.69) is 5.32 Å². The molecule has 0 aromatic heterocycles. The number of benzene rings is 1. The summed E-state index contributed by atoms with van der Waals surface area (Å²) in [7, 11) is 1.52. The van der Waals surface area contributed by atoms with Gasteiger partial charge in [-0.3, -0.25) is 4.79 Å². The van der Waals surface area contributed by atoms with E-state index in [0.717, 1.165) is 5.56 Å². The average molecular weight is 290 g/mol. The number of carbonyl (C=O) groups excluding carboxylic acids is 1. The Balaban J connectivity index is 2.57. The van der Waals surface area contributed by atoms with Crippen molar-refractivity contribution in [2.75, 3.05) is 0 Å². The van der Waals surface area contributed by atoms with E-state index >= 15 is 0 Å². The van der Waals surface area contributed by atoms with Crippen molar-refractivity contribution in [3.63, 3.8) is 0 Å². The zero-order valence-electron chi connectivity index (χ0n) is 10.3. The summed E-state index contributed by atoms with van der Waals surface area (Å²) in [6.45, 7) is 4.33. The second-order valence-corrected chi connectivity index (χ2v) is 7.02. The maximum absolute atomic E-state index is 11.4. The average Bonchev–Trinajstić information content (AvgIpc) is 2.25. The number of amides is 1. The third kappa shape index (κ3) is 5.06. The van der Waals surface area contributed by atoms with Gasteiger partial charge in [-0.15, -0.1) is 0 Å². The molecular formula is C12H16ClNO3S. The van der Waals surface area contributed by atoms with E-state index in [1.807, 2.05) is 13.8 Å². The molecule has 1 amide bonds. The molecule has 100 valence electrons. The van der Waals surface area contributed by atoms with Crippen LogP contribution in [0.1, 0.15) is 25.8 Å². The lowest BCUT2D eigenvalue weighted by Crippen LogP contribution is -2.23. The lowest BCUT2D eigenvalue weighted by atomic mass is 10.1. The van der Waals surface area contributed by atoms with Gasteiger partial charge in [0.05, 0.1) is 4.90 Å². The summed E-state index contributed by atoms with van der Waals surface area (Å²) in [6.07, 6.45) is 0.480. The molecule has 1 aromatic rings. The predicted molar refractivity (Wildman–Crippen MR) is 70.8 cm³/mol. The Labute approximate surface area is 112 Å². The normalized spacial score (nSPS) is 11.6. The van der Waals surface area contributed by atoms with Gasteiger partial charge in [0.1, 0.15) is 0 Å². The molecule has 0 saturated heterocycles. The van der Waals surface area contributed by atoms with Crippen molar-refractivity contribution in [1.29, 1.82) is 0 Å². The smallest absolute Gasteiger partial charge is 0.261 e. The number of carbonyl (C=O) groups is 1. The van der Waals surface area contributed by atoms with E-state index in [-0.39, 0.29) is 10.8 Å². The molecule has 0 unspecified atom stereocenters. The lowest BCUT2D eigenvalue weighted by Gasteiger charge is -2.07. The van der Waals surface area contributed by atoms with Gasteiger partial charge in [0.2, 0.25) is 5.91 Å². The fourth-order valence-corrected chi connectivity index (χ4v) is 2.18. The van der Waals surface area contributed by atoms with Crippen LogP contribution >= 0.6 is 10.7 Å². The van der Waals surface area contributed by atoms with Crippen molar-refractivity contribution >= 4 is 25.6 Å². The zero-order chi connectivity index (χ0) is 13.8. The molecule has 6 heteroatoms. The molecule has 1 aromatic carbocycles. The van der Waals surface area contributed by atoms with Crippen LogP contribution in [0.25, 0.3) is 0 Å². The lowest BCUT2D eigenvalue weighted by molar-refractivity contribution is -0.121. The molecule has 0 heterocycles. The molecule has 0 aliphatic rings. The van der Waals surface area contributed by atoms with Gasteiger partial charge in [-0.2, -0.15) is 0 Å². The minimum Gasteiger partial charge on any atom is -0.352 e. The molecule has 0 aliphatic heterocycles. The van der Waals surface area contributed by atoms with E-state index in [4.69, 9.17) is 10.7 Å². The number of hydrogen-bond donors (Lipinski definition) is 1. The van der Waals surface area contributed by atoms with Crippen LogP contribution in [0.15, 0.2) is 29.2 Å². The third-order valence-electron chi connectivity index (χ3n) is 2.29. The Morgan fingerprint density at radius 3 is 2.28 bits per heavy atom. The Kier molecular flexibility index (Phi) is 5.16. The monoisotopic (exact) mass is 289 g/mol. The van der Waals surface area contributed by atoms with Crippen molar-refractivity contribution in [3.8, 4) is 0 Å². The van der Waals surface area contributed by atoms with Crippen molar-refractivity contribution in [2.24, 2.45) is 5.92 Å². The zero-order valence-corrected chi connectivity index (χ0v) is 11.9. The second kappa shape index (κ2) is 6.20. The van der Waals surface area contributed by atoms with Crippen molar-refractivity contribution in [3.05, 3.63) is 29.8 Å². The number of halogens is 1. The standard InChI is InChI=1S/C12H16ClNO3S/c1-9(2)7-12(15)14-8-10-3-5-11(6-4-10)18(13,16)17/h3-6,9H,7-8H2,1-2H3,(H,14,15). The first kappa shape index (κ1) is 15.0. The van der Waals surface area contributed by atoms with Crippen LogP contribution < -0.4 is 5.32 Å². The van der Waals surface area contributed by atoms with Gasteiger partial charge in [0, 0.05) is 23.6 Å². The SMILES string of the molecule is CC(C)CC(=O)NCc1ccc(S(=O)(=O)Cl)cc1. The first-order chi connectivity index (χ1) is 8.29. The summed E-state index contributed by atoms with van der Waals surface area (Å²) in [5.41, 5.74) is 0.830. The molecule has 0 spiro atoms. The highest BCUT2D eigenvalue weighted by molar-refractivity contribution is 8.13. The van der Waals surface area contributed by atoms with E-state index in [9.17, 15) is 13.2 Å². The topological polar surface area (TPSA) is 63.2 Å². The van der Waals surface area contributed by atoms with Gasteiger partial charge in [-0.05, 0) is 23.6 Å². The van der Waals surface area contributed by atoms with Crippen molar-refractivity contribution < 1.29 is 13.2 Å². The molecule has 0 bridgehead atoms. The maximum Gasteiger partial charge on any atom is 0.261 e.